The summed E-state index contributed by atoms with van der Waals surface area (Å²) in [6.45, 7) is 5.92. The Morgan fingerprint density at radius 2 is 1.92 bits per heavy atom. The number of aromatic nitrogens is 3. The van der Waals surface area contributed by atoms with Crippen LogP contribution < -0.4 is 0 Å². The second-order valence-corrected chi connectivity index (χ2v) is 6.03. The summed E-state index contributed by atoms with van der Waals surface area (Å²) in [5.74, 6) is 0.539. The average Bonchev–Trinajstić information content (AvgIpc) is 3.23. The van der Waals surface area contributed by atoms with Gasteiger partial charge in [0, 0.05) is 13.1 Å². The van der Waals surface area contributed by atoms with E-state index < -0.39 is 0 Å². The SMILES string of the molecule is Cc1ccc(-n2nc(C(=O)N(C)C(C)C)nc2-c2ccoc2)cc1. The van der Waals surface area contributed by atoms with Crippen LogP contribution in [0.3, 0.4) is 0 Å². The molecule has 0 saturated carbocycles. The molecule has 0 spiro atoms. The highest BCUT2D eigenvalue weighted by Gasteiger charge is 2.23. The van der Waals surface area contributed by atoms with E-state index in [1.807, 2.05) is 45.0 Å². The minimum absolute atomic E-state index is 0.0706. The third kappa shape index (κ3) is 2.95. The van der Waals surface area contributed by atoms with Crippen LogP contribution in [0, 0.1) is 6.92 Å². The van der Waals surface area contributed by atoms with E-state index in [1.54, 1.807) is 35.2 Å². The van der Waals surface area contributed by atoms with Crippen molar-refractivity contribution in [3.63, 3.8) is 0 Å². The lowest BCUT2D eigenvalue weighted by Gasteiger charge is -2.19. The summed E-state index contributed by atoms with van der Waals surface area (Å²) in [4.78, 5) is 18.6. The molecule has 0 aliphatic rings. The molecule has 3 aromatic rings. The van der Waals surface area contributed by atoms with E-state index in [2.05, 4.69) is 10.1 Å². The van der Waals surface area contributed by atoms with Crippen LogP contribution in [0.15, 0.2) is 47.3 Å². The average molecular weight is 324 g/mol. The molecule has 6 nitrogen and oxygen atoms in total. The van der Waals surface area contributed by atoms with Gasteiger partial charge in [0.15, 0.2) is 5.82 Å². The predicted molar refractivity (Wildman–Crippen MR) is 91.0 cm³/mol. The Labute approximate surface area is 140 Å². The number of furan rings is 1. The molecule has 0 saturated heterocycles. The van der Waals surface area contributed by atoms with E-state index in [0.29, 0.717) is 5.82 Å². The number of rotatable bonds is 4. The second kappa shape index (κ2) is 6.31. The van der Waals surface area contributed by atoms with Gasteiger partial charge in [-0.3, -0.25) is 4.79 Å². The van der Waals surface area contributed by atoms with Gasteiger partial charge in [-0.1, -0.05) is 17.7 Å². The van der Waals surface area contributed by atoms with Gasteiger partial charge < -0.3 is 9.32 Å². The second-order valence-electron chi connectivity index (χ2n) is 6.03. The third-order valence-corrected chi connectivity index (χ3v) is 3.95. The highest BCUT2D eigenvalue weighted by Crippen LogP contribution is 2.22. The maximum atomic E-state index is 12.6. The van der Waals surface area contributed by atoms with Gasteiger partial charge in [0.25, 0.3) is 5.91 Å². The van der Waals surface area contributed by atoms with Gasteiger partial charge in [0.1, 0.15) is 6.26 Å². The van der Waals surface area contributed by atoms with Crippen LogP contribution >= 0.6 is 0 Å². The van der Waals surface area contributed by atoms with Crippen molar-refractivity contribution in [1.82, 2.24) is 19.7 Å². The van der Waals surface area contributed by atoms with Crippen LogP contribution in [0.2, 0.25) is 0 Å². The number of carbonyl (C=O) groups excluding carboxylic acids is 1. The molecule has 0 atom stereocenters. The van der Waals surface area contributed by atoms with Crippen LogP contribution in [0.4, 0.5) is 0 Å². The van der Waals surface area contributed by atoms with Crippen molar-refractivity contribution >= 4 is 5.91 Å². The van der Waals surface area contributed by atoms with E-state index in [-0.39, 0.29) is 17.8 Å². The van der Waals surface area contributed by atoms with Crippen molar-refractivity contribution in [1.29, 1.82) is 0 Å². The van der Waals surface area contributed by atoms with Gasteiger partial charge in [-0.05, 0) is 39.0 Å². The molecular formula is C18H20N4O2. The number of carbonyl (C=O) groups is 1. The molecule has 0 N–H and O–H groups in total. The van der Waals surface area contributed by atoms with E-state index in [4.69, 9.17) is 4.42 Å². The lowest BCUT2D eigenvalue weighted by Crippen LogP contribution is -2.33. The molecule has 0 aliphatic carbocycles. The lowest BCUT2D eigenvalue weighted by molar-refractivity contribution is 0.0742. The van der Waals surface area contributed by atoms with Gasteiger partial charge in [0.05, 0.1) is 17.5 Å². The molecular weight excluding hydrogens is 304 g/mol. The Morgan fingerprint density at radius 3 is 2.50 bits per heavy atom. The molecule has 24 heavy (non-hydrogen) atoms. The van der Waals surface area contributed by atoms with Crippen molar-refractivity contribution in [3.8, 4) is 17.1 Å². The summed E-state index contributed by atoms with van der Waals surface area (Å²) >= 11 is 0. The van der Waals surface area contributed by atoms with Crippen LogP contribution in [0.1, 0.15) is 30.0 Å². The van der Waals surface area contributed by atoms with Crippen molar-refractivity contribution in [2.75, 3.05) is 7.05 Å². The molecule has 2 aromatic heterocycles. The minimum Gasteiger partial charge on any atom is -0.472 e. The van der Waals surface area contributed by atoms with Gasteiger partial charge >= 0.3 is 0 Å². The first-order valence-electron chi connectivity index (χ1n) is 7.81. The van der Waals surface area contributed by atoms with Crippen molar-refractivity contribution in [3.05, 3.63) is 54.2 Å². The van der Waals surface area contributed by atoms with Gasteiger partial charge in [0.2, 0.25) is 5.82 Å². The smallest absolute Gasteiger partial charge is 0.293 e. The first kappa shape index (κ1) is 16.0. The zero-order chi connectivity index (χ0) is 17.3. The largest absolute Gasteiger partial charge is 0.472 e. The van der Waals surface area contributed by atoms with E-state index >= 15 is 0 Å². The van der Waals surface area contributed by atoms with Gasteiger partial charge in [-0.2, -0.15) is 0 Å². The summed E-state index contributed by atoms with van der Waals surface area (Å²) in [6.07, 6.45) is 3.17. The molecule has 0 fully saturated rings. The summed E-state index contributed by atoms with van der Waals surface area (Å²) < 4.78 is 6.83. The fraction of sp³-hybridized carbons (Fsp3) is 0.278. The fourth-order valence-electron chi connectivity index (χ4n) is 2.24. The summed E-state index contributed by atoms with van der Waals surface area (Å²) in [5, 5.41) is 4.44. The Morgan fingerprint density at radius 1 is 1.21 bits per heavy atom. The van der Waals surface area contributed by atoms with Crippen molar-refractivity contribution in [2.45, 2.75) is 26.8 Å². The van der Waals surface area contributed by atoms with Crippen LogP contribution in [0.5, 0.6) is 0 Å². The van der Waals surface area contributed by atoms with Crippen LogP contribution in [0.25, 0.3) is 17.1 Å². The number of hydrogen-bond donors (Lipinski definition) is 0. The molecule has 0 bridgehead atoms. The Hall–Kier alpha value is -2.89. The quantitative estimate of drug-likeness (QED) is 0.738. The minimum atomic E-state index is -0.208. The van der Waals surface area contributed by atoms with Gasteiger partial charge in [-0.25, -0.2) is 9.67 Å². The molecule has 6 heteroatoms. The zero-order valence-electron chi connectivity index (χ0n) is 14.2. The Balaban J connectivity index is 2.10. The number of benzene rings is 1. The molecule has 1 amide bonds. The van der Waals surface area contributed by atoms with Gasteiger partial charge in [-0.15, -0.1) is 5.10 Å². The Kier molecular flexibility index (Phi) is 4.20. The van der Waals surface area contributed by atoms with Crippen LogP contribution in [-0.2, 0) is 0 Å². The van der Waals surface area contributed by atoms with Crippen molar-refractivity contribution in [2.24, 2.45) is 0 Å². The summed E-state index contributed by atoms with van der Waals surface area (Å²) in [6, 6.07) is 9.77. The number of aryl methyl sites for hydroxylation is 1. The Bertz CT molecular complexity index is 833. The standard InChI is InChI=1S/C18H20N4O2/c1-12(2)21(4)18(23)16-19-17(14-9-10-24-11-14)22(20-16)15-7-5-13(3)6-8-15/h5-12H,1-4H3. The van der Waals surface area contributed by atoms with E-state index in [0.717, 1.165) is 16.8 Å². The first-order valence-corrected chi connectivity index (χ1v) is 7.81. The molecule has 0 radical (unpaired) electrons. The number of nitrogens with zero attached hydrogens (tertiary/aromatic N) is 4. The van der Waals surface area contributed by atoms with E-state index in [1.165, 1.54) is 0 Å². The maximum Gasteiger partial charge on any atom is 0.293 e. The molecule has 124 valence electrons. The first-order chi connectivity index (χ1) is 11.5. The lowest BCUT2D eigenvalue weighted by atomic mass is 10.2. The molecule has 0 unspecified atom stereocenters. The van der Waals surface area contributed by atoms with Crippen molar-refractivity contribution < 1.29 is 9.21 Å². The molecule has 0 aliphatic heterocycles. The highest BCUT2D eigenvalue weighted by atomic mass is 16.3. The number of amides is 1. The highest BCUT2D eigenvalue weighted by molar-refractivity contribution is 5.91. The normalized spacial score (nSPS) is 11.0. The van der Waals surface area contributed by atoms with Crippen LogP contribution in [-0.4, -0.2) is 38.7 Å². The monoisotopic (exact) mass is 324 g/mol. The molecule has 1 aromatic carbocycles. The topological polar surface area (TPSA) is 64.2 Å². The molecule has 2 heterocycles. The summed E-state index contributed by atoms with van der Waals surface area (Å²) in [5.41, 5.74) is 2.77. The third-order valence-electron chi connectivity index (χ3n) is 3.95. The number of hydrogen-bond acceptors (Lipinski definition) is 4. The maximum absolute atomic E-state index is 12.6. The predicted octanol–water partition coefficient (Wildman–Crippen LogP) is 3.32. The summed E-state index contributed by atoms with van der Waals surface area (Å²) in [7, 11) is 1.75. The molecule has 3 rings (SSSR count). The fourth-order valence-corrected chi connectivity index (χ4v) is 2.24. The zero-order valence-corrected chi connectivity index (χ0v) is 14.2. The van der Waals surface area contributed by atoms with E-state index in [9.17, 15) is 4.79 Å².